The lowest BCUT2D eigenvalue weighted by atomic mass is 9.96. The number of amidine groups is 1. The Morgan fingerprint density at radius 2 is 1.50 bits per heavy atom. The summed E-state index contributed by atoms with van der Waals surface area (Å²) in [5.41, 5.74) is 8.02. The molecule has 0 aliphatic heterocycles. The molecule has 0 spiro atoms. The molecule has 0 aliphatic rings. The molecule has 0 heterocycles. The highest BCUT2D eigenvalue weighted by Gasteiger charge is 2.29. The first kappa shape index (κ1) is 22.6. The fraction of sp³-hybridized carbons (Fsp3) is 0.160. The molecule has 0 saturated heterocycles. The number of hydrogen-bond acceptors (Lipinski definition) is 4. The maximum atomic E-state index is 13.2. The molecular formula is C25H26N4O3. The molecule has 164 valence electrons. The first-order chi connectivity index (χ1) is 15.4. The Kier molecular flexibility index (Phi) is 7.23. The van der Waals surface area contributed by atoms with Crippen molar-refractivity contribution in [3.05, 3.63) is 95.6 Å². The second kappa shape index (κ2) is 10.3. The highest BCUT2D eigenvalue weighted by molar-refractivity contribution is 6.11. The zero-order valence-electron chi connectivity index (χ0n) is 18.0. The van der Waals surface area contributed by atoms with Crippen molar-refractivity contribution in [1.29, 1.82) is 5.41 Å². The van der Waals surface area contributed by atoms with E-state index in [9.17, 15) is 9.59 Å². The second-order valence-corrected chi connectivity index (χ2v) is 7.33. The largest absolute Gasteiger partial charge is 0.497 e. The van der Waals surface area contributed by atoms with Gasteiger partial charge in [0.05, 0.1) is 13.2 Å². The lowest BCUT2D eigenvalue weighted by Gasteiger charge is -2.21. The van der Waals surface area contributed by atoms with Crippen LogP contribution >= 0.6 is 0 Å². The molecule has 0 bridgehead atoms. The van der Waals surface area contributed by atoms with Crippen LogP contribution in [0.4, 0.5) is 5.69 Å². The second-order valence-electron chi connectivity index (χ2n) is 7.33. The van der Waals surface area contributed by atoms with E-state index in [-0.39, 0.29) is 11.9 Å². The average Bonchev–Trinajstić information content (AvgIpc) is 2.80. The maximum absolute atomic E-state index is 13.2. The third-order valence-corrected chi connectivity index (χ3v) is 5.10. The molecule has 7 heteroatoms. The Hall–Kier alpha value is -4.13. The Labute approximate surface area is 187 Å². The molecule has 7 nitrogen and oxygen atoms in total. The van der Waals surface area contributed by atoms with Gasteiger partial charge in [-0.2, -0.15) is 0 Å². The molecule has 32 heavy (non-hydrogen) atoms. The molecule has 2 amide bonds. The number of nitrogen functional groups attached to an aromatic ring is 1. The van der Waals surface area contributed by atoms with Crippen LogP contribution < -0.4 is 21.1 Å². The van der Waals surface area contributed by atoms with Crippen LogP contribution in [-0.2, 0) is 9.59 Å². The number of nitrogens with two attached hydrogens (primary N) is 1. The van der Waals surface area contributed by atoms with Gasteiger partial charge in [0.1, 0.15) is 17.5 Å². The predicted molar refractivity (Wildman–Crippen MR) is 125 cm³/mol. The quantitative estimate of drug-likeness (QED) is 0.248. The zero-order chi connectivity index (χ0) is 23.1. The maximum Gasteiger partial charge on any atom is 0.241 e. The standard InChI is InChI=1S/C25H26N4O3/c1-16(17-10-14-21(32-2)15-11-17)28-24(30)22(18-6-4-3-5-7-18)25(31)29-20-12-8-19(9-13-20)23(26)27/h3-16,22H,1-2H3,(H3,26,27)(H,28,30)(H,29,31)/t16-,22?/m0/s1. The summed E-state index contributed by atoms with van der Waals surface area (Å²) in [5.74, 6) is -1.23. The number of benzene rings is 3. The molecule has 0 fully saturated rings. The summed E-state index contributed by atoms with van der Waals surface area (Å²) in [7, 11) is 1.59. The smallest absolute Gasteiger partial charge is 0.241 e. The molecule has 3 aromatic rings. The van der Waals surface area contributed by atoms with Crippen LogP contribution in [0, 0.1) is 5.41 Å². The van der Waals surface area contributed by atoms with E-state index in [1.54, 1.807) is 55.6 Å². The SMILES string of the molecule is COc1ccc([C@H](C)NC(=O)C(C(=O)Nc2ccc(C(=N)N)cc2)c2ccccc2)cc1. The van der Waals surface area contributed by atoms with Crippen molar-refractivity contribution in [3.8, 4) is 5.75 Å². The Morgan fingerprint density at radius 3 is 2.06 bits per heavy atom. The molecule has 0 aliphatic carbocycles. The minimum absolute atomic E-state index is 0.0584. The van der Waals surface area contributed by atoms with E-state index < -0.39 is 17.7 Å². The number of carbonyl (C=O) groups is 2. The number of nitrogens with one attached hydrogen (secondary N) is 3. The first-order valence-electron chi connectivity index (χ1n) is 10.1. The van der Waals surface area contributed by atoms with Gasteiger partial charge in [0, 0.05) is 11.3 Å². The molecule has 5 N–H and O–H groups in total. The number of anilines is 1. The number of ether oxygens (including phenoxy) is 1. The van der Waals surface area contributed by atoms with Crippen molar-refractivity contribution in [2.24, 2.45) is 5.73 Å². The lowest BCUT2D eigenvalue weighted by molar-refractivity contribution is -0.129. The number of hydrogen-bond donors (Lipinski definition) is 4. The van der Waals surface area contributed by atoms with E-state index in [0.717, 1.165) is 11.3 Å². The van der Waals surface area contributed by atoms with Crippen LogP contribution in [0.2, 0.25) is 0 Å². The average molecular weight is 431 g/mol. The molecule has 3 rings (SSSR count). The third-order valence-electron chi connectivity index (χ3n) is 5.10. The van der Waals surface area contributed by atoms with Crippen molar-refractivity contribution in [3.63, 3.8) is 0 Å². The monoisotopic (exact) mass is 430 g/mol. The molecule has 2 atom stereocenters. The van der Waals surface area contributed by atoms with Crippen molar-refractivity contribution in [2.45, 2.75) is 18.9 Å². The normalized spacial score (nSPS) is 12.3. The van der Waals surface area contributed by atoms with Crippen LogP contribution in [0.15, 0.2) is 78.9 Å². The van der Waals surface area contributed by atoms with Crippen LogP contribution in [0.25, 0.3) is 0 Å². The van der Waals surface area contributed by atoms with Crippen LogP contribution in [0.1, 0.15) is 35.6 Å². The Balaban J connectivity index is 1.79. The van der Waals surface area contributed by atoms with E-state index in [1.165, 1.54) is 0 Å². The lowest BCUT2D eigenvalue weighted by Crippen LogP contribution is -2.37. The van der Waals surface area contributed by atoms with Gasteiger partial charge in [-0.05, 0) is 54.4 Å². The fourth-order valence-electron chi connectivity index (χ4n) is 3.29. The van der Waals surface area contributed by atoms with E-state index in [1.807, 2.05) is 37.3 Å². The zero-order valence-corrected chi connectivity index (χ0v) is 18.0. The van der Waals surface area contributed by atoms with Gasteiger partial charge in [0.25, 0.3) is 0 Å². The van der Waals surface area contributed by atoms with Gasteiger partial charge >= 0.3 is 0 Å². The van der Waals surface area contributed by atoms with Crippen LogP contribution in [0.5, 0.6) is 5.75 Å². The summed E-state index contributed by atoms with van der Waals surface area (Å²) >= 11 is 0. The summed E-state index contributed by atoms with van der Waals surface area (Å²) < 4.78 is 5.18. The van der Waals surface area contributed by atoms with E-state index in [2.05, 4.69) is 10.6 Å². The van der Waals surface area contributed by atoms with Crippen molar-refractivity contribution in [2.75, 3.05) is 12.4 Å². The van der Waals surface area contributed by atoms with Crippen LogP contribution in [0.3, 0.4) is 0 Å². The highest BCUT2D eigenvalue weighted by Crippen LogP contribution is 2.22. The van der Waals surface area contributed by atoms with Gasteiger partial charge in [-0.15, -0.1) is 0 Å². The molecule has 0 radical (unpaired) electrons. The summed E-state index contributed by atoms with van der Waals surface area (Å²) in [5, 5.41) is 13.2. The Morgan fingerprint density at radius 1 is 0.875 bits per heavy atom. The van der Waals surface area contributed by atoms with Gasteiger partial charge < -0.3 is 21.1 Å². The fourth-order valence-corrected chi connectivity index (χ4v) is 3.29. The molecule has 3 aromatic carbocycles. The summed E-state index contributed by atoms with van der Waals surface area (Å²) in [6.45, 7) is 1.86. The van der Waals surface area contributed by atoms with Crippen molar-refractivity contribution >= 4 is 23.3 Å². The number of carbonyl (C=O) groups excluding carboxylic acids is 2. The number of amides is 2. The summed E-state index contributed by atoms with van der Waals surface area (Å²) in [6.07, 6.45) is 0. The predicted octanol–water partition coefficient (Wildman–Crippen LogP) is 3.58. The van der Waals surface area contributed by atoms with Gasteiger partial charge in [0.15, 0.2) is 0 Å². The third kappa shape index (κ3) is 5.51. The molecular weight excluding hydrogens is 404 g/mol. The number of rotatable bonds is 8. The van der Waals surface area contributed by atoms with E-state index in [0.29, 0.717) is 16.8 Å². The first-order valence-corrected chi connectivity index (χ1v) is 10.1. The van der Waals surface area contributed by atoms with Gasteiger partial charge in [-0.1, -0.05) is 42.5 Å². The molecule has 0 saturated carbocycles. The highest BCUT2D eigenvalue weighted by atomic mass is 16.5. The van der Waals surface area contributed by atoms with E-state index in [4.69, 9.17) is 15.9 Å². The summed E-state index contributed by atoms with van der Waals surface area (Å²) in [6, 6.07) is 22.6. The topological polar surface area (TPSA) is 117 Å². The van der Waals surface area contributed by atoms with Crippen molar-refractivity contribution < 1.29 is 14.3 Å². The van der Waals surface area contributed by atoms with E-state index >= 15 is 0 Å². The number of methoxy groups -OCH3 is 1. The van der Waals surface area contributed by atoms with Gasteiger partial charge in [-0.25, -0.2) is 0 Å². The van der Waals surface area contributed by atoms with Crippen molar-refractivity contribution in [1.82, 2.24) is 5.32 Å². The minimum Gasteiger partial charge on any atom is -0.497 e. The van der Waals surface area contributed by atoms with Crippen LogP contribution in [-0.4, -0.2) is 24.8 Å². The van der Waals surface area contributed by atoms with Gasteiger partial charge in [0.2, 0.25) is 11.8 Å². The molecule has 0 aromatic heterocycles. The minimum atomic E-state index is -1.04. The summed E-state index contributed by atoms with van der Waals surface area (Å²) in [4.78, 5) is 26.3. The van der Waals surface area contributed by atoms with Gasteiger partial charge in [-0.3, -0.25) is 15.0 Å². The Bertz CT molecular complexity index is 1080. The molecule has 1 unspecified atom stereocenters.